The van der Waals surface area contributed by atoms with Crippen LogP contribution in [0.2, 0.25) is 0 Å². The second-order valence-electron chi connectivity index (χ2n) is 5.02. The lowest BCUT2D eigenvalue weighted by atomic mass is 28.5. The predicted molar refractivity (Wildman–Crippen MR) is 274 cm³/mol. The Kier molecular flexibility index (Phi) is 37.2. The van der Waals surface area contributed by atoms with Crippen LogP contribution in [0.3, 0.4) is 0 Å². The van der Waals surface area contributed by atoms with Gasteiger partial charge in [0.05, 0.1) is 0 Å². The summed E-state index contributed by atoms with van der Waals surface area (Å²) >= 11 is 0. The zero-order valence-corrected chi connectivity index (χ0v) is 50.6. The first-order chi connectivity index (χ1) is 15.0. The van der Waals surface area contributed by atoms with E-state index in [2.05, 4.69) is 152 Å². The van der Waals surface area contributed by atoms with Gasteiger partial charge in [0.25, 0.3) is 0 Å². The van der Waals surface area contributed by atoms with Crippen LogP contribution in [0, 0.1) is 0 Å². The van der Waals surface area contributed by atoms with E-state index in [-0.39, 0.29) is 105 Å². The fourth-order valence-electron chi connectivity index (χ4n) is 1.79. The number of hydrogen-bond donors (Lipinski definition) is 0. The molecule has 33 heteroatoms. The summed E-state index contributed by atoms with van der Waals surface area (Å²) in [5.74, 6) is 0. The van der Waals surface area contributed by atoms with Crippen LogP contribution in [-0.4, -0.2) is 0 Å². The molecule has 0 aromatic carbocycles. The van der Waals surface area contributed by atoms with Crippen molar-refractivity contribution in [3.8, 4) is 0 Å². The van der Waals surface area contributed by atoms with Crippen LogP contribution < -0.4 is 0 Å². The Morgan fingerprint density at radius 3 is 0.727 bits per heavy atom. The lowest BCUT2D eigenvalue weighted by molar-refractivity contribution is 4.41. The van der Waals surface area contributed by atoms with Crippen LogP contribution >= 0.6 is 265 Å². The largest absolute Gasteiger partial charge is 0.102 e. The van der Waals surface area contributed by atoms with Crippen molar-refractivity contribution in [3.63, 3.8) is 0 Å². The third kappa shape index (κ3) is 17.3. The van der Waals surface area contributed by atoms with Gasteiger partial charge in [-0.1, -0.05) is 25.8 Å². The van der Waals surface area contributed by atoms with Crippen molar-refractivity contribution in [1.29, 1.82) is 0 Å². The SMILES string of the molecule is [PH]PP(P([PH])P)P(P(P)P)P(P(P(P)P)P(P)P)P(P(P(P)P)P(P)P)P(P(P)P)P(P)P. The Hall–Kier alpha value is 14.2. The Labute approximate surface area is 261 Å². The molecule has 0 aliphatic rings. The summed E-state index contributed by atoms with van der Waals surface area (Å²) in [6.45, 7) is -0.865. The summed E-state index contributed by atoms with van der Waals surface area (Å²) in [5.41, 5.74) is 0. The van der Waals surface area contributed by atoms with Crippen molar-refractivity contribution in [2.75, 3.05) is 0 Å². The minimum absolute atomic E-state index is 0.000000000000000222. The van der Waals surface area contributed by atoms with Crippen molar-refractivity contribution in [1.82, 2.24) is 0 Å². The van der Waals surface area contributed by atoms with E-state index in [0.717, 1.165) is 7.96 Å². The molecule has 0 fully saturated rings. The van der Waals surface area contributed by atoms with Crippen molar-refractivity contribution >= 4 is 265 Å². The Bertz CT molecular complexity index is 448. The van der Waals surface area contributed by atoms with E-state index in [1.165, 1.54) is 0 Å². The highest BCUT2D eigenvalue weighted by molar-refractivity contribution is 9.45. The molecule has 0 nitrogen and oxygen atoms in total. The molecule has 0 aliphatic carbocycles. The second-order valence-corrected chi connectivity index (χ2v) is 135. The molecule has 0 bridgehead atoms. The van der Waals surface area contributed by atoms with Crippen LogP contribution in [-0.2, 0) is 0 Å². The molecule has 0 amide bonds. The molecule has 0 heterocycles. The topological polar surface area (TPSA) is 0 Å². The van der Waals surface area contributed by atoms with E-state index in [9.17, 15) is 0 Å². The third-order valence-corrected chi connectivity index (χ3v) is 220. The van der Waals surface area contributed by atoms with Gasteiger partial charge in [0.15, 0.2) is 0 Å². The van der Waals surface area contributed by atoms with Crippen LogP contribution in [0.1, 0.15) is 0 Å². The molecule has 0 aliphatic heterocycles. The first-order valence-electron chi connectivity index (χ1n) is 7.37. The maximum atomic E-state index is 4.21. The average Bonchev–Trinajstić information content (AvgIpc) is 2.61. The Morgan fingerprint density at radius 1 is 0.364 bits per heavy atom. The van der Waals surface area contributed by atoms with E-state index >= 15 is 0 Å². The first-order valence-corrected chi connectivity index (χ1v) is 66.3. The van der Waals surface area contributed by atoms with Crippen molar-refractivity contribution in [2.45, 2.75) is 0 Å². The van der Waals surface area contributed by atoms with Crippen LogP contribution in [0.25, 0.3) is 0 Å². The van der Waals surface area contributed by atoms with E-state index in [1.54, 1.807) is 0 Å². The summed E-state index contributed by atoms with van der Waals surface area (Å²) in [4.78, 5) is 0. The lowest BCUT2D eigenvalue weighted by Crippen LogP contribution is -1.65. The summed E-state index contributed by atoms with van der Waals surface area (Å²) in [7, 11) is 58.9. The monoisotopic (exact) mass is 1060 g/mol. The molecule has 0 aromatic heterocycles. The highest BCUT2D eigenvalue weighted by Gasteiger charge is 2.52. The van der Waals surface area contributed by atoms with E-state index in [4.69, 9.17) is 0 Å². The number of hydrogen-bond acceptors (Lipinski definition) is 0. The standard InChI is InChI=1S/H33P33/c1-18-27(19(2)3)31(26(16)17)33(30(24(12)13)25(14)15)32(28(20(4)5)21(6)7)29(22(8)9)23(10)11/h1-2,18H,3-17H2. The maximum absolute atomic E-state index is 4.21. The first kappa shape index (κ1) is 47.2. The molecule has 20 unspecified atom stereocenters. The highest BCUT2D eigenvalue weighted by Crippen LogP contribution is 3.39. The molecular weight excluding hydrogens is 1020 g/mol. The molecule has 0 aromatic rings. The molecule has 198 valence electrons. The molecule has 20 atom stereocenters. The predicted octanol–water partition coefficient (Wildman–Crippen LogP) is 19.6. The van der Waals surface area contributed by atoms with Crippen LogP contribution in [0.15, 0.2) is 0 Å². The quantitative estimate of drug-likeness (QED) is 0.143. The van der Waals surface area contributed by atoms with Gasteiger partial charge >= 0.3 is 0 Å². The third-order valence-electron chi connectivity index (χ3n) is 2.72. The summed E-state index contributed by atoms with van der Waals surface area (Å²) in [6.07, 6.45) is 0. The van der Waals surface area contributed by atoms with Gasteiger partial charge in [0, 0.05) is 0 Å². The molecular formula is H33P33. The second kappa shape index (κ2) is 26.0. The van der Waals surface area contributed by atoms with Gasteiger partial charge in [-0.05, 0) is 105 Å². The Balaban J connectivity index is 7.45. The average molecular weight is 1060 g/mol. The highest BCUT2D eigenvalue weighted by atomic mass is 33.5. The molecule has 0 rings (SSSR count). The molecule has 33 heavy (non-hydrogen) atoms. The van der Waals surface area contributed by atoms with Crippen molar-refractivity contribution in [3.05, 3.63) is 0 Å². The minimum atomic E-state index is -0.169. The smallest absolute Gasteiger partial charge is 0.000281 e. The van der Waals surface area contributed by atoms with E-state index < -0.39 is 0 Å². The van der Waals surface area contributed by atoms with Crippen LogP contribution in [0.5, 0.6) is 0 Å². The zero-order chi connectivity index (χ0) is 26.4. The molecule has 0 saturated heterocycles. The van der Waals surface area contributed by atoms with Crippen molar-refractivity contribution < 1.29 is 0 Å². The van der Waals surface area contributed by atoms with Gasteiger partial charge in [-0.25, -0.2) is 0 Å². The molecule has 0 N–H and O–H groups in total. The van der Waals surface area contributed by atoms with Crippen LogP contribution in [0.4, 0.5) is 0 Å². The summed E-state index contributed by atoms with van der Waals surface area (Å²) < 4.78 is 0. The minimum Gasteiger partial charge on any atom is -0.102 e. The molecule has 0 saturated carbocycles. The van der Waals surface area contributed by atoms with Gasteiger partial charge in [0.2, 0.25) is 0 Å². The number of rotatable bonds is 15. The van der Waals surface area contributed by atoms with Gasteiger partial charge < -0.3 is 0 Å². The summed E-state index contributed by atoms with van der Waals surface area (Å²) in [5, 5.41) is 0. The van der Waals surface area contributed by atoms with Gasteiger partial charge in [-0.15, -0.1) is 134 Å². The van der Waals surface area contributed by atoms with Gasteiger partial charge in [-0.2, -0.15) is 0 Å². The fourth-order valence-corrected chi connectivity index (χ4v) is 435. The Morgan fingerprint density at radius 2 is 0.576 bits per heavy atom. The van der Waals surface area contributed by atoms with Gasteiger partial charge in [-0.3, -0.25) is 0 Å². The summed E-state index contributed by atoms with van der Waals surface area (Å²) in [6, 6.07) is 0. The van der Waals surface area contributed by atoms with Crippen molar-refractivity contribution in [2.24, 2.45) is 0 Å². The zero-order valence-electron chi connectivity index (χ0n) is 16.9. The lowest BCUT2D eigenvalue weighted by Gasteiger charge is -2.53. The normalized spacial score (nSPS) is 17.0. The fraction of sp³-hybridized carbons (Fsp3) is 0. The van der Waals surface area contributed by atoms with E-state index in [1.807, 2.05) is 0 Å². The molecule has 0 spiro atoms. The maximum Gasteiger partial charge on any atom is -0.000281 e. The van der Waals surface area contributed by atoms with E-state index in [0.29, 0.717) is 0 Å². The molecule has 2 radical (unpaired) electrons. The van der Waals surface area contributed by atoms with Gasteiger partial charge in [0.1, 0.15) is 0 Å².